The highest BCUT2D eigenvalue weighted by Crippen LogP contribution is 2.12. The van der Waals surface area contributed by atoms with Crippen LogP contribution in [0.5, 0.6) is 0 Å². The molecular weight excluding hydrogens is 276 g/mol. The fourth-order valence-corrected chi connectivity index (χ4v) is 2.57. The van der Waals surface area contributed by atoms with Gasteiger partial charge in [0.25, 0.3) is 0 Å². The van der Waals surface area contributed by atoms with E-state index >= 15 is 0 Å². The van der Waals surface area contributed by atoms with Crippen LogP contribution >= 0.6 is 0 Å². The first-order chi connectivity index (χ1) is 9.27. The van der Waals surface area contributed by atoms with Gasteiger partial charge in [0.2, 0.25) is 10.0 Å². The highest BCUT2D eigenvalue weighted by atomic mass is 32.2. The van der Waals surface area contributed by atoms with Crippen LogP contribution in [0.2, 0.25) is 0 Å². The van der Waals surface area contributed by atoms with Gasteiger partial charge in [0, 0.05) is 28.2 Å². The maximum Gasteiger partial charge on any atom is 0.240 e. The van der Waals surface area contributed by atoms with E-state index in [0.717, 1.165) is 11.5 Å². The van der Waals surface area contributed by atoms with Gasteiger partial charge in [0.1, 0.15) is 0 Å². The van der Waals surface area contributed by atoms with Crippen molar-refractivity contribution in [2.75, 3.05) is 35.2 Å². The van der Waals surface area contributed by atoms with Crippen LogP contribution in [-0.2, 0) is 16.6 Å². The van der Waals surface area contributed by atoms with Gasteiger partial charge < -0.3 is 9.80 Å². The minimum absolute atomic E-state index is 0.254. The molecule has 0 radical (unpaired) electrons. The van der Waals surface area contributed by atoms with E-state index in [0.29, 0.717) is 6.54 Å². The van der Waals surface area contributed by atoms with Gasteiger partial charge in [0.05, 0.1) is 11.4 Å². The van der Waals surface area contributed by atoms with Crippen molar-refractivity contribution in [2.45, 2.75) is 11.4 Å². The average molecular weight is 298 g/mol. The zero-order chi connectivity index (χ0) is 15.3. The predicted molar refractivity (Wildman–Crippen MR) is 81.2 cm³/mol. The third kappa shape index (κ3) is 4.21. The summed E-state index contributed by atoms with van der Waals surface area (Å²) < 4.78 is 25.8. The van der Waals surface area contributed by atoms with Crippen LogP contribution in [0.15, 0.2) is 34.2 Å². The summed E-state index contributed by atoms with van der Waals surface area (Å²) in [4.78, 5) is 8.57. The summed E-state index contributed by atoms with van der Waals surface area (Å²) in [7, 11) is 5.66. The van der Waals surface area contributed by atoms with Gasteiger partial charge in [0.15, 0.2) is 5.96 Å². The van der Waals surface area contributed by atoms with E-state index in [1.807, 2.05) is 44.1 Å². The second-order valence-electron chi connectivity index (χ2n) is 4.76. The summed E-state index contributed by atoms with van der Waals surface area (Å²) in [5.41, 5.74) is 0.850. The summed E-state index contributed by atoms with van der Waals surface area (Å²) in [5, 5.41) is 0. The summed E-state index contributed by atoms with van der Waals surface area (Å²) in [6.07, 6.45) is 0. The van der Waals surface area contributed by atoms with Gasteiger partial charge in [-0.15, -0.1) is 0 Å². The Morgan fingerprint density at radius 1 is 1.20 bits per heavy atom. The Balaban J connectivity index is 3.00. The van der Waals surface area contributed by atoms with Crippen molar-refractivity contribution < 1.29 is 8.42 Å². The molecule has 1 N–H and O–H groups in total. The van der Waals surface area contributed by atoms with Crippen molar-refractivity contribution in [3.8, 4) is 0 Å². The zero-order valence-corrected chi connectivity index (χ0v) is 13.4. The molecule has 0 aliphatic carbocycles. The van der Waals surface area contributed by atoms with Crippen LogP contribution in [-0.4, -0.2) is 59.4 Å². The van der Waals surface area contributed by atoms with Crippen molar-refractivity contribution >= 4 is 16.0 Å². The molecule has 0 bridgehead atoms. The fourth-order valence-electron chi connectivity index (χ4n) is 1.77. The van der Waals surface area contributed by atoms with E-state index in [9.17, 15) is 8.42 Å². The first kappa shape index (κ1) is 16.5. The van der Waals surface area contributed by atoms with Crippen LogP contribution in [0.1, 0.15) is 5.56 Å². The molecule has 0 saturated carbocycles. The lowest BCUT2D eigenvalue weighted by molar-refractivity contribution is 0.479. The second-order valence-corrected chi connectivity index (χ2v) is 6.65. The third-order valence-corrected chi connectivity index (χ3v) is 4.09. The monoisotopic (exact) mass is 298 g/mol. The number of rotatable bonds is 4. The van der Waals surface area contributed by atoms with E-state index in [2.05, 4.69) is 9.71 Å². The molecule has 7 heteroatoms. The topological polar surface area (TPSA) is 65.0 Å². The van der Waals surface area contributed by atoms with E-state index in [1.54, 1.807) is 18.2 Å². The van der Waals surface area contributed by atoms with E-state index < -0.39 is 10.0 Å². The quantitative estimate of drug-likeness (QED) is 0.652. The second kappa shape index (κ2) is 6.71. The van der Waals surface area contributed by atoms with Crippen molar-refractivity contribution in [1.29, 1.82) is 0 Å². The average Bonchev–Trinajstić information content (AvgIpc) is 2.38. The highest BCUT2D eigenvalue weighted by Gasteiger charge is 2.11. The van der Waals surface area contributed by atoms with Gasteiger partial charge in [-0.2, -0.15) is 0 Å². The van der Waals surface area contributed by atoms with Crippen LogP contribution in [0.25, 0.3) is 0 Å². The summed E-state index contributed by atoms with van der Waals surface area (Å²) in [5.74, 6) is 0.826. The smallest absolute Gasteiger partial charge is 0.240 e. The number of sulfonamides is 1. The molecule has 1 aromatic carbocycles. The Morgan fingerprint density at radius 2 is 1.80 bits per heavy atom. The number of nitrogens with one attached hydrogen (secondary N) is 1. The number of benzene rings is 1. The molecule has 0 saturated heterocycles. The minimum Gasteiger partial charge on any atom is -0.349 e. The Kier molecular flexibility index (Phi) is 5.52. The van der Waals surface area contributed by atoms with E-state index in [-0.39, 0.29) is 4.90 Å². The van der Waals surface area contributed by atoms with Crippen molar-refractivity contribution in [3.05, 3.63) is 29.8 Å². The molecular formula is C13H22N4O2S. The van der Waals surface area contributed by atoms with Crippen LogP contribution in [0.4, 0.5) is 0 Å². The SMILES string of the molecule is CNS(=O)(=O)c1cccc(CN=C(N(C)C)N(C)C)c1. The normalized spacial score (nSPS) is 11.1. The molecule has 1 aromatic rings. The molecule has 0 heterocycles. The standard InChI is InChI=1S/C13H22N4O2S/c1-14-20(18,19)12-8-6-7-11(9-12)10-15-13(16(2)3)17(4)5/h6-9,14H,10H2,1-5H3. The number of aliphatic imine (C=N–C) groups is 1. The molecule has 20 heavy (non-hydrogen) atoms. The number of guanidine groups is 1. The van der Waals surface area contributed by atoms with Crippen molar-refractivity contribution in [2.24, 2.45) is 4.99 Å². The molecule has 0 amide bonds. The predicted octanol–water partition coefficient (Wildman–Crippen LogP) is 0.574. The van der Waals surface area contributed by atoms with Crippen LogP contribution < -0.4 is 4.72 Å². The summed E-state index contributed by atoms with van der Waals surface area (Å²) in [6.45, 7) is 0.429. The Hall–Kier alpha value is -1.60. The summed E-state index contributed by atoms with van der Waals surface area (Å²) in [6, 6.07) is 6.79. The number of hydrogen-bond donors (Lipinski definition) is 1. The van der Waals surface area contributed by atoms with Crippen molar-refractivity contribution in [1.82, 2.24) is 14.5 Å². The summed E-state index contributed by atoms with van der Waals surface area (Å²) >= 11 is 0. The van der Waals surface area contributed by atoms with E-state index in [4.69, 9.17) is 0 Å². The lowest BCUT2D eigenvalue weighted by Crippen LogP contribution is -2.35. The van der Waals surface area contributed by atoms with Gasteiger partial charge in [-0.05, 0) is 24.7 Å². The molecule has 0 fully saturated rings. The van der Waals surface area contributed by atoms with Gasteiger partial charge >= 0.3 is 0 Å². The Labute approximate surface area is 121 Å². The van der Waals surface area contributed by atoms with Gasteiger partial charge in [-0.25, -0.2) is 18.1 Å². The zero-order valence-electron chi connectivity index (χ0n) is 12.6. The maximum atomic E-state index is 11.7. The largest absolute Gasteiger partial charge is 0.349 e. The Morgan fingerprint density at radius 3 is 2.30 bits per heavy atom. The van der Waals surface area contributed by atoms with Crippen LogP contribution in [0.3, 0.4) is 0 Å². The van der Waals surface area contributed by atoms with Crippen molar-refractivity contribution in [3.63, 3.8) is 0 Å². The molecule has 0 aliphatic heterocycles. The molecule has 0 atom stereocenters. The Bertz CT molecular complexity index is 570. The van der Waals surface area contributed by atoms with Gasteiger partial charge in [-0.1, -0.05) is 12.1 Å². The number of hydrogen-bond acceptors (Lipinski definition) is 3. The highest BCUT2D eigenvalue weighted by molar-refractivity contribution is 7.89. The maximum absolute atomic E-state index is 11.7. The lowest BCUT2D eigenvalue weighted by atomic mass is 10.2. The molecule has 0 aliphatic rings. The molecule has 0 unspecified atom stereocenters. The molecule has 112 valence electrons. The molecule has 1 rings (SSSR count). The van der Waals surface area contributed by atoms with Gasteiger partial charge in [-0.3, -0.25) is 0 Å². The lowest BCUT2D eigenvalue weighted by Gasteiger charge is -2.22. The first-order valence-corrected chi connectivity index (χ1v) is 7.68. The molecule has 0 spiro atoms. The fraction of sp³-hybridized carbons (Fsp3) is 0.462. The third-order valence-electron chi connectivity index (χ3n) is 2.68. The minimum atomic E-state index is -3.41. The van der Waals surface area contributed by atoms with Crippen LogP contribution in [0, 0.1) is 0 Å². The first-order valence-electron chi connectivity index (χ1n) is 6.19. The molecule has 0 aromatic heterocycles. The molecule has 6 nitrogen and oxygen atoms in total. The van der Waals surface area contributed by atoms with E-state index in [1.165, 1.54) is 7.05 Å². The number of nitrogens with zero attached hydrogens (tertiary/aromatic N) is 3.